The van der Waals surface area contributed by atoms with Crippen molar-refractivity contribution in [1.82, 2.24) is 4.98 Å². The van der Waals surface area contributed by atoms with Crippen LogP contribution in [0.4, 0.5) is 0 Å². The molecular formula is C20H21NO6. The molecule has 3 aromatic rings. The number of hydrogen-bond acceptors (Lipinski definition) is 7. The average molecular weight is 371 g/mol. The van der Waals surface area contributed by atoms with E-state index in [2.05, 4.69) is 4.98 Å². The first kappa shape index (κ1) is 18.7. The molecule has 0 atom stereocenters. The Labute approximate surface area is 155 Å². The monoisotopic (exact) mass is 371 g/mol. The molecular weight excluding hydrogens is 350 g/mol. The van der Waals surface area contributed by atoms with Gasteiger partial charge in [-0.2, -0.15) is 0 Å². The van der Waals surface area contributed by atoms with Gasteiger partial charge in [-0.1, -0.05) is 0 Å². The van der Waals surface area contributed by atoms with Crippen molar-refractivity contribution in [2.75, 3.05) is 7.11 Å². The van der Waals surface area contributed by atoms with Crippen molar-refractivity contribution in [3.05, 3.63) is 57.1 Å². The van der Waals surface area contributed by atoms with E-state index < -0.39 is 11.6 Å². The molecule has 7 nitrogen and oxygen atoms in total. The number of rotatable bonds is 6. The molecule has 0 aliphatic carbocycles. The van der Waals surface area contributed by atoms with E-state index in [0.29, 0.717) is 28.5 Å². The third kappa shape index (κ3) is 4.02. The number of hydrogen-bond donors (Lipinski definition) is 0. The highest BCUT2D eigenvalue weighted by Gasteiger charge is 2.15. The molecule has 0 fully saturated rings. The minimum Gasteiger partial charge on any atom is -0.497 e. The van der Waals surface area contributed by atoms with E-state index in [1.54, 1.807) is 26.2 Å². The zero-order valence-corrected chi connectivity index (χ0v) is 15.8. The summed E-state index contributed by atoms with van der Waals surface area (Å²) in [6, 6.07) is 5.30. The van der Waals surface area contributed by atoms with Gasteiger partial charge in [-0.3, -0.25) is 4.79 Å². The maximum Gasteiger partial charge on any atom is 0.339 e. The third-order valence-electron chi connectivity index (χ3n) is 4.50. The first-order chi connectivity index (χ1) is 12.9. The molecule has 0 amide bonds. The maximum atomic E-state index is 12.3. The largest absolute Gasteiger partial charge is 0.497 e. The second-order valence-electron chi connectivity index (χ2n) is 6.27. The summed E-state index contributed by atoms with van der Waals surface area (Å²) in [7, 11) is 1.55. The first-order valence-electron chi connectivity index (χ1n) is 8.58. The van der Waals surface area contributed by atoms with Crippen molar-refractivity contribution < 1.29 is 23.1 Å². The summed E-state index contributed by atoms with van der Waals surface area (Å²) in [6.07, 6.45) is 0.296. The Hall–Kier alpha value is -3.09. The van der Waals surface area contributed by atoms with Crippen molar-refractivity contribution in [2.24, 2.45) is 0 Å². The number of aromatic nitrogens is 1. The molecule has 27 heavy (non-hydrogen) atoms. The van der Waals surface area contributed by atoms with E-state index in [-0.39, 0.29) is 19.4 Å². The van der Waals surface area contributed by atoms with Crippen LogP contribution in [0, 0.1) is 20.8 Å². The number of fused-ring (bicyclic) bond motifs is 1. The number of carbonyl (C=O) groups is 1. The fourth-order valence-electron chi connectivity index (χ4n) is 2.83. The van der Waals surface area contributed by atoms with Gasteiger partial charge in [0, 0.05) is 23.4 Å². The Kier molecular flexibility index (Phi) is 5.30. The molecule has 3 rings (SSSR count). The Balaban J connectivity index is 1.69. The van der Waals surface area contributed by atoms with Crippen LogP contribution < -0.4 is 10.4 Å². The average Bonchev–Trinajstić information content (AvgIpc) is 2.97. The lowest BCUT2D eigenvalue weighted by atomic mass is 10.0. The first-order valence-corrected chi connectivity index (χ1v) is 8.58. The molecule has 0 radical (unpaired) electrons. The summed E-state index contributed by atoms with van der Waals surface area (Å²) in [5.41, 5.74) is 2.02. The van der Waals surface area contributed by atoms with Gasteiger partial charge in [0.1, 0.15) is 17.1 Å². The number of aryl methyl sites for hydroxylation is 3. The normalized spacial score (nSPS) is 11.0. The molecule has 2 aromatic heterocycles. The van der Waals surface area contributed by atoms with Gasteiger partial charge < -0.3 is 18.3 Å². The molecule has 0 spiro atoms. The van der Waals surface area contributed by atoms with Gasteiger partial charge in [0.05, 0.1) is 12.8 Å². The van der Waals surface area contributed by atoms with Gasteiger partial charge in [0.2, 0.25) is 5.89 Å². The van der Waals surface area contributed by atoms with Crippen molar-refractivity contribution in [3.63, 3.8) is 0 Å². The van der Waals surface area contributed by atoms with E-state index >= 15 is 0 Å². The molecule has 0 aliphatic heterocycles. The minimum atomic E-state index is -0.458. The second kappa shape index (κ2) is 7.65. The topological polar surface area (TPSA) is 91.8 Å². The van der Waals surface area contributed by atoms with E-state index in [1.807, 2.05) is 19.9 Å². The zero-order valence-electron chi connectivity index (χ0n) is 15.8. The van der Waals surface area contributed by atoms with Crippen LogP contribution >= 0.6 is 0 Å². The number of esters is 1. The summed E-state index contributed by atoms with van der Waals surface area (Å²) in [6.45, 7) is 5.43. The lowest BCUT2D eigenvalue weighted by Gasteiger charge is -2.08. The SMILES string of the molecule is COc1ccc2c(C)c(CCC(=O)OCc3nc(C)c(C)o3)c(=O)oc2c1. The second-order valence-corrected chi connectivity index (χ2v) is 6.27. The van der Waals surface area contributed by atoms with Crippen molar-refractivity contribution in [1.29, 1.82) is 0 Å². The standard InChI is InChI=1S/C20H21NO6/c1-11-15-6-5-14(24-4)9-17(15)27-20(23)16(11)7-8-19(22)25-10-18-21-12(2)13(3)26-18/h5-6,9H,7-8,10H2,1-4H3. The molecule has 7 heteroatoms. The van der Waals surface area contributed by atoms with E-state index in [4.69, 9.17) is 18.3 Å². The van der Waals surface area contributed by atoms with Crippen LogP contribution in [-0.4, -0.2) is 18.1 Å². The molecule has 0 saturated carbocycles. The molecule has 0 aliphatic rings. The van der Waals surface area contributed by atoms with Crippen molar-refractivity contribution in [2.45, 2.75) is 40.2 Å². The fourth-order valence-corrected chi connectivity index (χ4v) is 2.83. The number of carbonyl (C=O) groups excluding carboxylic acids is 1. The van der Waals surface area contributed by atoms with Crippen molar-refractivity contribution >= 4 is 16.9 Å². The van der Waals surface area contributed by atoms with Crippen LogP contribution in [0.2, 0.25) is 0 Å². The number of ether oxygens (including phenoxy) is 2. The minimum absolute atomic E-state index is 0.0291. The van der Waals surface area contributed by atoms with Crippen LogP contribution in [0.15, 0.2) is 31.8 Å². The van der Waals surface area contributed by atoms with E-state index in [0.717, 1.165) is 16.6 Å². The van der Waals surface area contributed by atoms with Crippen LogP contribution in [0.5, 0.6) is 5.75 Å². The van der Waals surface area contributed by atoms with Gasteiger partial charge >= 0.3 is 11.6 Å². The molecule has 0 bridgehead atoms. The Bertz CT molecular complexity index is 1030. The van der Waals surface area contributed by atoms with Crippen molar-refractivity contribution in [3.8, 4) is 5.75 Å². The van der Waals surface area contributed by atoms with Gasteiger partial charge in [0.25, 0.3) is 0 Å². The lowest BCUT2D eigenvalue weighted by molar-refractivity contribution is -0.145. The van der Waals surface area contributed by atoms with Crippen LogP contribution in [0.25, 0.3) is 11.0 Å². The molecule has 0 saturated heterocycles. The summed E-state index contributed by atoms with van der Waals surface area (Å²) in [4.78, 5) is 28.5. The highest BCUT2D eigenvalue weighted by Crippen LogP contribution is 2.24. The quantitative estimate of drug-likeness (QED) is 0.484. The predicted octanol–water partition coefficient (Wildman–Crippen LogP) is 3.39. The predicted molar refractivity (Wildman–Crippen MR) is 97.9 cm³/mol. The molecule has 1 aromatic carbocycles. The van der Waals surface area contributed by atoms with Crippen LogP contribution in [0.3, 0.4) is 0 Å². The van der Waals surface area contributed by atoms with Crippen LogP contribution in [0.1, 0.15) is 34.9 Å². The van der Waals surface area contributed by atoms with Gasteiger partial charge in [-0.25, -0.2) is 9.78 Å². The van der Waals surface area contributed by atoms with E-state index in [1.165, 1.54) is 0 Å². The Morgan fingerprint density at radius 3 is 2.63 bits per heavy atom. The summed E-state index contributed by atoms with van der Waals surface area (Å²) in [5.74, 6) is 1.23. The zero-order chi connectivity index (χ0) is 19.6. The fraction of sp³-hybridized carbons (Fsp3) is 0.350. The molecule has 142 valence electrons. The number of benzene rings is 1. The molecule has 0 unspecified atom stereocenters. The number of oxazole rings is 1. The maximum absolute atomic E-state index is 12.3. The van der Waals surface area contributed by atoms with Gasteiger partial charge in [-0.15, -0.1) is 0 Å². The smallest absolute Gasteiger partial charge is 0.339 e. The highest BCUT2D eigenvalue weighted by molar-refractivity contribution is 5.82. The van der Waals surface area contributed by atoms with Crippen LogP contribution in [-0.2, 0) is 22.6 Å². The highest BCUT2D eigenvalue weighted by atomic mass is 16.5. The third-order valence-corrected chi connectivity index (χ3v) is 4.50. The molecule has 0 N–H and O–H groups in total. The van der Waals surface area contributed by atoms with Gasteiger partial charge in [-0.05, 0) is 44.9 Å². The van der Waals surface area contributed by atoms with E-state index in [9.17, 15) is 9.59 Å². The summed E-state index contributed by atoms with van der Waals surface area (Å²) in [5, 5.41) is 0.810. The summed E-state index contributed by atoms with van der Waals surface area (Å²) >= 11 is 0. The number of nitrogens with zero attached hydrogens (tertiary/aromatic N) is 1. The number of methoxy groups -OCH3 is 1. The molecule has 2 heterocycles. The Morgan fingerprint density at radius 1 is 1.19 bits per heavy atom. The summed E-state index contributed by atoms with van der Waals surface area (Å²) < 4.78 is 21.1. The van der Waals surface area contributed by atoms with Gasteiger partial charge in [0.15, 0.2) is 6.61 Å². The Morgan fingerprint density at radius 2 is 1.96 bits per heavy atom. The lowest BCUT2D eigenvalue weighted by Crippen LogP contribution is -2.14.